The summed E-state index contributed by atoms with van der Waals surface area (Å²) in [5, 5.41) is 0. The predicted octanol–water partition coefficient (Wildman–Crippen LogP) is 5.98. The molecule has 0 radical (unpaired) electrons. The van der Waals surface area contributed by atoms with Crippen molar-refractivity contribution in [1.82, 2.24) is 0 Å². The van der Waals surface area contributed by atoms with Gasteiger partial charge in [-0.3, -0.25) is 0 Å². The van der Waals surface area contributed by atoms with E-state index in [1.165, 1.54) is 12.1 Å². The Morgan fingerprint density at radius 1 is 0.812 bits per heavy atom. The molecule has 1 saturated heterocycles. The zero-order valence-electron chi connectivity index (χ0n) is 17.5. The molecule has 0 amide bonds. The molecule has 0 aliphatic carbocycles. The molecule has 7 heteroatoms. The average Bonchev–Trinajstić information content (AvgIpc) is 2.82. The van der Waals surface area contributed by atoms with E-state index in [0.717, 1.165) is 29.7 Å². The van der Waals surface area contributed by atoms with Crippen LogP contribution in [0.5, 0.6) is 0 Å². The van der Waals surface area contributed by atoms with E-state index in [2.05, 4.69) is 0 Å². The first-order chi connectivity index (χ1) is 15.4. The zero-order chi connectivity index (χ0) is 22.8. The largest absolute Gasteiger partial charge is 0.348 e. The van der Waals surface area contributed by atoms with Crippen LogP contribution in [0.1, 0.15) is 25.2 Å². The Hall–Kier alpha value is -2.74. The summed E-state index contributed by atoms with van der Waals surface area (Å²) >= 11 is 0. The molecule has 3 aromatic rings. The number of hydrogen-bond acceptors (Lipinski definition) is 3. The second-order valence-electron chi connectivity index (χ2n) is 7.90. The summed E-state index contributed by atoms with van der Waals surface area (Å²) in [6, 6.07) is 13.2. The summed E-state index contributed by atoms with van der Waals surface area (Å²) in [5.41, 5.74) is 8.13. The van der Waals surface area contributed by atoms with Crippen LogP contribution >= 0.6 is 0 Å². The highest BCUT2D eigenvalue weighted by atomic mass is 19.2. The van der Waals surface area contributed by atoms with Crippen LogP contribution in [0.3, 0.4) is 0 Å². The van der Waals surface area contributed by atoms with E-state index in [1.807, 2.05) is 31.2 Å². The Bertz CT molecular complexity index is 1070. The topological polar surface area (TPSA) is 44.5 Å². The molecule has 0 unspecified atom stereocenters. The minimum atomic E-state index is -1.58. The smallest absolute Gasteiger partial charge is 0.194 e. The number of hydrogen-bond donors (Lipinski definition) is 1. The number of halogens is 4. The third-order valence-corrected chi connectivity index (χ3v) is 5.78. The molecule has 3 aromatic carbocycles. The molecule has 2 N–H and O–H groups in total. The fourth-order valence-corrected chi connectivity index (χ4v) is 3.76. The predicted molar refractivity (Wildman–Crippen MR) is 114 cm³/mol. The third kappa shape index (κ3) is 4.55. The minimum absolute atomic E-state index is 0.0213. The molecule has 3 nitrogen and oxygen atoms in total. The van der Waals surface area contributed by atoms with Crippen LogP contribution in [-0.2, 0) is 9.47 Å². The molecule has 0 spiro atoms. The first-order valence-electron chi connectivity index (χ1n) is 10.4. The van der Waals surface area contributed by atoms with Crippen molar-refractivity contribution in [3.8, 4) is 22.3 Å². The van der Waals surface area contributed by atoms with Crippen molar-refractivity contribution in [2.24, 2.45) is 11.7 Å². The second-order valence-corrected chi connectivity index (χ2v) is 7.90. The standard InChI is InChI=1S/C25H23F4NO2/c1-2-23(30)18-12-31-25(32-13-18)15-5-3-14(4-6-15)16-7-8-19(20(26)9-16)17-10-21(27)24(29)22(28)11-17/h3-11,18,23,25H,2,12-13,30H2,1H3/t18?,23-,25?/m0/s1. The van der Waals surface area contributed by atoms with Crippen LogP contribution in [0.25, 0.3) is 22.3 Å². The van der Waals surface area contributed by atoms with Gasteiger partial charge in [0.25, 0.3) is 0 Å². The van der Waals surface area contributed by atoms with E-state index in [9.17, 15) is 17.6 Å². The first-order valence-corrected chi connectivity index (χ1v) is 10.4. The van der Waals surface area contributed by atoms with Crippen molar-refractivity contribution in [2.45, 2.75) is 25.7 Å². The van der Waals surface area contributed by atoms with Crippen LogP contribution in [0.4, 0.5) is 17.6 Å². The SMILES string of the molecule is CC[C@H](N)C1COC(c2ccc(-c3ccc(-c4cc(F)c(F)c(F)c4)c(F)c3)cc2)OC1. The molecule has 32 heavy (non-hydrogen) atoms. The average molecular weight is 445 g/mol. The molecule has 1 atom stereocenters. The van der Waals surface area contributed by atoms with Gasteiger partial charge in [-0.05, 0) is 41.3 Å². The van der Waals surface area contributed by atoms with Gasteiger partial charge in [-0.1, -0.05) is 43.3 Å². The van der Waals surface area contributed by atoms with Crippen LogP contribution in [-0.4, -0.2) is 19.3 Å². The van der Waals surface area contributed by atoms with Crippen LogP contribution in [0.15, 0.2) is 54.6 Å². The van der Waals surface area contributed by atoms with Crippen molar-refractivity contribution in [1.29, 1.82) is 0 Å². The molecular weight excluding hydrogens is 422 g/mol. The van der Waals surface area contributed by atoms with Gasteiger partial charge in [0.05, 0.1) is 13.2 Å². The van der Waals surface area contributed by atoms with Gasteiger partial charge in [0.2, 0.25) is 0 Å². The van der Waals surface area contributed by atoms with Crippen LogP contribution < -0.4 is 5.73 Å². The Morgan fingerprint density at radius 2 is 1.38 bits per heavy atom. The van der Waals surface area contributed by atoms with E-state index in [1.54, 1.807) is 6.07 Å². The summed E-state index contributed by atoms with van der Waals surface area (Å²) in [6.07, 6.45) is 0.378. The molecule has 1 fully saturated rings. The van der Waals surface area contributed by atoms with Crippen molar-refractivity contribution in [3.05, 3.63) is 83.4 Å². The zero-order valence-corrected chi connectivity index (χ0v) is 17.5. The lowest BCUT2D eigenvalue weighted by Gasteiger charge is -2.32. The number of benzene rings is 3. The highest BCUT2D eigenvalue weighted by Crippen LogP contribution is 2.32. The van der Waals surface area contributed by atoms with Crippen LogP contribution in [0.2, 0.25) is 0 Å². The third-order valence-electron chi connectivity index (χ3n) is 5.78. The maximum absolute atomic E-state index is 14.7. The summed E-state index contributed by atoms with van der Waals surface area (Å²) in [6.45, 7) is 3.08. The molecule has 0 aromatic heterocycles. The lowest BCUT2D eigenvalue weighted by molar-refractivity contribution is -0.208. The molecule has 4 rings (SSSR count). The Balaban J connectivity index is 1.50. The van der Waals surface area contributed by atoms with Crippen molar-refractivity contribution < 1.29 is 27.0 Å². The molecule has 1 heterocycles. The van der Waals surface area contributed by atoms with Gasteiger partial charge >= 0.3 is 0 Å². The van der Waals surface area contributed by atoms with Gasteiger partial charge in [-0.15, -0.1) is 0 Å². The quantitative estimate of drug-likeness (QED) is 0.388. The molecule has 1 aliphatic heterocycles. The summed E-state index contributed by atoms with van der Waals surface area (Å²) < 4.78 is 66.5. The van der Waals surface area contributed by atoms with Gasteiger partial charge in [0.15, 0.2) is 23.7 Å². The Labute approximate surface area is 183 Å². The minimum Gasteiger partial charge on any atom is -0.348 e. The van der Waals surface area contributed by atoms with Gasteiger partial charge in [-0.2, -0.15) is 0 Å². The molecule has 1 aliphatic rings. The summed E-state index contributed by atoms with van der Waals surface area (Å²) in [7, 11) is 0. The normalized spacial score (nSPS) is 19.7. The van der Waals surface area contributed by atoms with Crippen molar-refractivity contribution in [2.75, 3.05) is 13.2 Å². The Morgan fingerprint density at radius 3 is 1.94 bits per heavy atom. The van der Waals surface area contributed by atoms with Crippen LogP contribution in [0, 0.1) is 29.2 Å². The lowest BCUT2D eigenvalue weighted by atomic mass is 9.98. The fourth-order valence-electron chi connectivity index (χ4n) is 3.76. The summed E-state index contributed by atoms with van der Waals surface area (Å²) in [4.78, 5) is 0. The maximum atomic E-state index is 14.7. The highest BCUT2D eigenvalue weighted by Gasteiger charge is 2.27. The number of ether oxygens (including phenoxy) is 2. The van der Waals surface area contributed by atoms with E-state index >= 15 is 0 Å². The Kier molecular flexibility index (Phi) is 6.60. The highest BCUT2D eigenvalue weighted by molar-refractivity contribution is 5.71. The fraction of sp³-hybridized carbons (Fsp3) is 0.280. The first kappa shape index (κ1) is 22.5. The molecule has 0 saturated carbocycles. The molecule has 0 bridgehead atoms. The summed E-state index contributed by atoms with van der Waals surface area (Å²) in [5.74, 6) is -4.82. The van der Waals surface area contributed by atoms with E-state index in [-0.39, 0.29) is 23.1 Å². The van der Waals surface area contributed by atoms with Crippen molar-refractivity contribution in [3.63, 3.8) is 0 Å². The van der Waals surface area contributed by atoms with E-state index < -0.39 is 29.6 Å². The molecular formula is C25H23F4NO2. The second kappa shape index (κ2) is 9.40. The number of rotatable bonds is 5. The van der Waals surface area contributed by atoms with Gasteiger partial charge in [-0.25, -0.2) is 17.6 Å². The van der Waals surface area contributed by atoms with E-state index in [4.69, 9.17) is 15.2 Å². The van der Waals surface area contributed by atoms with E-state index in [0.29, 0.717) is 18.8 Å². The number of nitrogens with two attached hydrogens (primary N) is 1. The maximum Gasteiger partial charge on any atom is 0.194 e. The molecule has 168 valence electrons. The van der Waals surface area contributed by atoms with Gasteiger partial charge in [0, 0.05) is 23.1 Å². The lowest BCUT2D eigenvalue weighted by Crippen LogP contribution is -2.39. The monoisotopic (exact) mass is 445 g/mol. The van der Waals surface area contributed by atoms with Gasteiger partial charge in [0.1, 0.15) is 5.82 Å². The van der Waals surface area contributed by atoms with Crippen molar-refractivity contribution >= 4 is 0 Å². The van der Waals surface area contributed by atoms with Gasteiger partial charge < -0.3 is 15.2 Å².